The highest BCUT2D eigenvalue weighted by Crippen LogP contribution is 2.31. The Morgan fingerprint density at radius 3 is 2.63 bits per heavy atom. The Kier molecular flexibility index (Phi) is 8.04. The van der Waals surface area contributed by atoms with Gasteiger partial charge in [-0.1, -0.05) is 29.8 Å². The van der Waals surface area contributed by atoms with Gasteiger partial charge in [0.15, 0.2) is 12.4 Å². The minimum Gasteiger partial charge on any atom is -0.473 e. The lowest BCUT2D eigenvalue weighted by molar-refractivity contribution is 0.0446. The summed E-state index contributed by atoms with van der Waals surface area (Å²) in [6, 6.07) is 15.4. The summed E-state index contributed by atoms with van der Waals surface area (Å²) in [5.74, 6) is 1.40. The summed E-state index contributed by atoms with van der Waals surface area (Å²) in [5, 5.41) is 0.344. The molecule has 6 nitrogen and oxygen atoms in total. The van der Waals surface area contributed by atoms with Crippen molar-refractivity contribution in [2.24, 2.45) is 7.05 Å². The summed E-state index contributed by atoms with van der Waals surface area (Å²) in [4.78, 5) is 11.7. The first-order valence-corrected chi connectivity index (χ1v) is 12.9. The van der Waals surface area contributed by atoms with Crippen LogP contribution in [-0.2, 0) is 20.2 Å². The van der Waals surface area contributed by atoms with Gasteiger partial charge in [0, 0.05) is 35.3 Å². The van der Waals surface area contributed by atoms with E-state index in [1.807, 2.05) is 29.8 Å². The van der Waals surface area contributed by atoms with Gasteiger partial charge < -0.3 is 14.0 Å². The number of benzene rings is 2. The van der Waals surface area contributed by atoms with Crippen LogP contribution in [0.3, 0.4) is 0 Å². The fraction of sp³-hybridized carbons (Fsp3) is 0.357. The van der Waals surface area contributed by atoms with Gasteiger partial charge in [-0.05, 0) is 56.3 Å². The largest absolute Gasteiger partial charge is 0.473 e. The zero-order chi connectivity index (χ0) is 26.6. The molecule has 0 aliphatic carbocycles. The van der Waals surface area contributed by atoms with E-state index in [0.717, 1.165) is 43.0 Å². The van der Waals surface area contributed by atoms with Crippen molar-refractivity contribution >= 4 is 22.6 Å². The second-order valence-electron chi connectivity index (χ2n) is 9.37. The number of aromatic nitrogens is 3. The van der Waals surface area contributed by atoms with E-state index < -0.39 is 18.8 Å². The van der Waals surface area contributed by atoms with Crippen molar-refractivity contribution in [1.82, 2.24) is 19.4 Å². The second kappa shape index (κ2) is 11.6. The van der Waals surface area contributed by atoms with Crippen molar-refractivity contribution in [2.75, 3.05) is 19.8 Å². The number of hydrogen-bond donors (Lipinski definition) is 0. The molecule has 3 heterocycles. The SMILES string of the molecule is Cn1c(CN2CCC(c3cccc(OCc4ccc(Cl)cc4F)n3)CC2)nc2c(O[C@@H](F)CF)cccc21. The number of fused-ring (bicyclic) bond motifs is 1. The minimum atomic E-state index is -2.01. The predicted octanol–water partition coefficient (Wildman–Crippen LogP) is 6.36. The number of ether oxygens (including phenoxy) is 2. The summed E-state index contributed by atoms with van der Waals surface area (Å²) < 4.78 is 53.0. The number of aryl methyl sites for hydroxylation is 1. The van der Waals surface area contributed by atoms with Gasteiger partial charge in [0.2, 0.25) is 5.88 Å². The van der Waals surface area contributed by atoms with Crippen molar-refractivity contribution in [3.8, 4) is 11.6 Å². The molecule has 0 bridgehead atoms. The quantitative estimate of drug-likeness (QED) is 0.245. The van der Waals surface area contributed by atoms with E-state index in [-0.39, 0.29) is 18.3 Å². The summed E-state index contributed by atoms with van der Waals surface area (Å²) in [6.07, 6.45) is -0.178. The van der Waals surface area contributed by atoms with E-state index in [1.165, 1.54) is 6.07 Å². The molecule has 0 N–H and O–H groups in total. The molecule has 38 heavy (non-hydrogen) atoms. The van der Waals surface area contributed by atoms with Crippen molar-refractivity contribution in [3.63, 3.8) is 0 Å². The van der Waals surface area contributed by atoms with Gasteiger partial charge in [-0.15, -0.1) is 0 Å². The molecule has 2 aromatic carbocycles. The number of imidazole rings is 1. The number of halogens is 4. The van der Waals surface area contributed by atoms with Crippen LogP contribution >= 0.6 is 11.6 Å². The Bertz CT molecular complexity index is 1410. The maximum Gasteiger partial charge on any atom is 0.266 e. The summed E-state index contributed by atoms with van der Waals surface area (Å²) in [7, 11) is 1.91. The molecule has 1 fully saturated rings. The third kappa shape index (κ3) is 5.89. The van der Waals surface area contributed by atoms with E-state index in [2.05, 4.69) is 14.9 Å². The maximum absolute atomic E-state index is 14.1. The highest BCUT2D eigenvalue weighted by molar-refractivity contribution is 6.30. The lowest BCUT2D eigenvalue weighted by atomic mass is 9.93. The molecule has 5 rings (SSSR count). The monoisotopic (exact) mass is 544 g/mol. The smallest absolute Gasteiger partial charge is 0.266 e. The fourth-order valence-corrected chi connectivity index (χ4v) is 4.92. The third-order valence-corrected chi connectivity index (χ3v) is 7.08. The summed E-state index contributed by atoms with van der Waals surface area (Å²) in [6.45, 7) is 1.20. The molecule has 1 aliphatic heterocycles. The molecular formula is C28H28ClF3N4O2. The van der Waals surface area contributed by atoms with E-state index in [9.17, 15) is 13.2 Å². The molecule has 0 radical (unpaired) electrons. The summed E-state index contributed by atoms with van der Waals surface area (Å²) in [5.41, 5.74) is 2.70. The maximum atomic E-state index is 14.1. The molecule has 1 aliphatic rings. The van der Waals surface area contributed by atoms with Gasteiger partial charge in [-0.2, -0.15) is 4.39 Å². The van der Waals surface area contributed by atoms with E-state index in [1.54, 1.807) is 30.3 Å². The van der Waals surface area contributed by atoms with Crippen LogP contribution in [0.15, 0.2) is 54.6 Å². The highest BCUT2D eigenvalue weighted by atomic mass is 35.5. The molecule has 0 unspecified atom stereocenters. The number of hydrogen-bond acceptors (Lipinski definition) is 5. The fourth-order valence-electron chi connectivity index (χ4n) is 4.76. The number of likely N-dealkylation sites (tertiary alicyclic amines) is 1. The molecule has 200 valence electrons. The number of alkyl halides is 2. The van der Waals surface area contributed by atoms with Crippen LogP contribution in [0, 0.1) is 5.82 Å². The number of rotatable bonds is 9. The Morgan fingerprint density at radius 2 is 1.87 bits per heavy atom. The molecule has 10 heteroatoms. The molecule has 0 spiro atoms. The van der Waals surface area contributed by atoms with Crippen LogP contribution in [0.25, 0.3) is 11.0 Å². The van der Waals surface area contributed by atoms with Crippen molar-refractivity contribution in [3.05, 3.63) is 82.5 Å². The molecular weight excluding hydrogens is 517 g/mol. The van der Waals surface area contributed by atoms with Crippen LogP contribution < -0.4 is 9.47 Å². The predicted molar refractivity (Wildman–Crippen MR) is 139 cm³/mol. The lowest BCUT2D eigenvalue weighted by Crippen LogP contribution is -2.33. The van der Waals surface area contributed by atoms with Crippen LogP contribution in [0.4, 0.5) is 13.2 Å². The number of piperidine rings is 1. The van der Waals surface area contributed by atoms with Gasteiger partial charge in [0.1, 0.15) is 23.8 Å². The molecule has 1 saturated heterocycles. The van der Waals surface area contributed by atoms with Crippen LogP contribution in [0.1, 0.15) is 35.8 Å². The van der Waals surface area contributed by atoms with Crippen molar-refractivity contribution in [2.45, 2.75) is 38.3 Å². The van der Waals surface area contributed by atoms with E-state index >= 15 is 0 Å². The Labute approximate surface area is 224 Å². The normalized spacial score (nSPS) is 15.6. The van der Waals surface area contributed by atoms with Gasteiger partial charge in [-0.25, -0.2) is 18.7 Å². The Hall–Kier alpha value is -3.30. The van der Waals surface area contributed by atoms with Crippen molar-refractivity contribution in [1.29, 1.82) is 0 Å². The average molecular weight is 545 g/mol. The van der Waals surface area contributed by atoms with Gasteiger partial charge in [0.05, 0.1) is 12.1 Å². The Balaban J connectivity index is 1.20. The standard InChI is InChI=1S/C28H28ClF3N4O2/c1-35-23-5-3-6-24(38-25(32)15-30)28(23)34-26(35)16-36-12-10-18(11-13-36)22-4-2-7-27(33-22)37-17-19-8-9-20(29)14-21(19)31/h2-9,14,18,25H,10-13,15-17H2,1H3/t25-/m1/s1. The number of para-hydroxylation sites is 1. The van der Waals surface area contributed by atoms with Crippen molar-refractivity contribution < 1.29 is 22.6 Å². The first-order valence-electron chi connectivity index (χ1n) is 12.5. The zero-order valence-electron chi connectivity index (χ0n) is 20.9. The van der Waals surface area contributed by atoms with Gasteiger partial charge in [-0.3, -0.25) is 4.90 Å². The average Bonchev–Trinajstić information content (AvgIpc) is 3.24. The number of pyridine rings is 1. The molecule has 0 saturated carbocycles. The molecule has 2 aromatic heterocycles. The van der Waals surface area contributed by atoms with Crippen LogP contribution in [0.2, 0.25) is 5.02 Å². The third-order valence-electron chi connectivity index (χ3n) is 6.85. The zero-order valence-corrected chi connectivity index (χ0v) is 21.7. The summed E-state index contributed by atoms with van der Waals surface area (Å²) >= 11 is 5.82. The first kappa shape index (κ1) is 26.3. The van der Waals surface area contributed by atoms with Crippen LogP contribution in [0.5, 0.6) is 11.6 Å². The first-order chi connectivity index (χ1) is 18.4. The Morgan fingerprint density at radius 1 is 1.08 bits per heavy atom. The lowest BCUT2D eigenvalue weighted by Gasteiger charge is -2.31. The van der Waals surface area contributed by atoms with E-state index in [0.29, 0.717) is 28.5 Å². The molecule has 4 aromatic rings. The highest BCUT2D eigenvalue weighted by Gasteiger charge is 2.24. The molecule has 0 amide bonds. The second-order valence-corrected chi connectivity index (χ2v) is 9.81. The number of nitrogens with zero attached hydrogens (tertiary/aromatic N) is 4. The van der Waals surface area contributed by atoms with Gasteiger partial charge in [0.25, 0.3) is 6.36 Å². The topological polar surface area (TPSA) is 52.4 Å². The van der Waals surface area contributed by atoms with Crippen LogP contribution in [-0.4, -0.2) is 45.6 Å². The molecule has 1 atom stereocenters. The van der Waals surface area contributed by atoms with E-state index in [4.69, 9.17) is 21.1 Å². The minimum absolute atomic E-state index is 0.0719. The van der Waals surface area contributed by atoms with Gasteiger partial charge >= 0.3 is 0 Å².